The molecule has 0 aromatic heterocycles. The van der Waals surface area contributed by atoms with Gasteiger partial charge in [-0.3, -0.25) is 0 Å². The first kappa shape index (κ1) is 42.4. The topological polar surface area (TPSA) is 6.48 Å². The number of aryl methyl sites for hydroxylation is 2. The number of nitrogens with zero attached hydrogens (tertiary/aromatic N) is 2. The number of anilines is 2. The predicted molar refractivity (Wildman–Crippen MR) is 222 cm³/mol. The average Bonchev–Trinajstić information content (AvgIpc) is 3.47. The fourth-order valence-corrected chi connectivity index (χ4v) is 10.3. The molecule has 2 nitrogen and oxygen atoms in total. The zero-order valence-electron chi connectivity index (χ0n) is 28.8. The maximum absolute atomic E-state index is 3.94. The first-order valence-electron chi connectivity index (χ1n) is 18.4. The summed E-state index contributed by atoms with van der Waals surface area (Å²) in [4.78, 5) is 4.99. The molecule has 1 aliphatic rings. The Morgan fingerprint density at radius 1 is 0.435 bits per heavy atom. The number of rotatable bonds is 24. The second-order valence-corrected chi connectivity index (χ2v) is 16.8. The molecule has 3 rings (SSSR count). The standard InChI is InChI=1S/C39H60Br4N2.ClH/c1-3-5-7-9-11-13-15-17-19-21-23-32-27-34(40)38(35(41)28-32)44-25-26-45(31-44)39-36(42)29-33(30-37(39)43)24-22-20-18-16-14-12-10-8-6-4-2;/h27-30H,3-26,31H2,1-2H3;1H. The Balaban J connectivity index is 0.00000736. The lowest BCUT2D eigenvalue weighted by Crippen LogP contribution is -2.26. The average molecular weight is 913 g/mol. The van der Waals surface area contributed by atoms with Crippen LogP contribution in [0.25, 0.3) is 0 Å². The normalized spacial score (nSPS) is 13.1. The molecular weight excluding hydrogens is 852 g/mol. The van der Waals surface area contributed by atoms with Crippen molar-refractivity contribution in [3.63, 3.8) is 0 Å². The SMILES string of the molecule is CCCCCCCCCCCCc1cc(Br)c(N2CCN(c3c(Br)cc(CCCCCCCCCCCC)cc3Br)C2)c(Br)c1.Cl. The second-order valence-electron chi connectivity index (χ2n) is 13.3. The van der Waals surface area contributed by atoms with E-state index in [0.717, 1.165) is 32.6 Å². The van der Waals surface area contributed by atoms with Gasteiger partial charge in [-0.2, -0.15) is 0 Å². The number of halogens is 5. The van der Waals surface area contributed by atoms with E-state index in [1.807, 2.05) is 0 Å². The highest BCUT2D eigenvalue weighted by atomic mass is 79.9. The lowest BCUT2D eigenvalue weighted by molar-refractivity contribution is 0.556. The Bertz CT molecular complexity index is 980. The van der Waals surface area contributed by atoms with Crippen LogP contribution in [0.3, 0.4) is 0 Å². The molecule has 0 radical (unpaired) electrons. The van der Waals surface area contributed by atoms with Crippen molar-refractivity contribution < 1.29 is 0 Å². The molecule has 1 saturated heterocycles. The summed E-state index contributed by atoms with van der Waals surface area (Å²) in [5.41, 5.74) is 5.40. The van der Waals surface area contributed by atoms with E-state index in [4.69, 9.17) is 0 Å². The van der Waals surface area contributed by atoms with Gasteiger partial charge < -0.3 is 9.80 Å². The summed E-state index contributed by atoms with van der Waals surface area (Å²) in [6.07, 6.45) is 30.0. The lowest BCUT2D eigenvalue weighted by Gasteiger charge is -2.25. The molecule has 7 heteroatoms. The van der Waals surface area contributed by atoms with Crippen LogP contribution in [0.2, 0.25) is 0 Å². The van der Waals surface area contributed by atoms with E-state index in [1.54, 1.807) is 0 Å². The van der Waals surface area contributed by atoms with Crippen LogP contribution in [-0.2, 0) is 12.8 Å². The zero-order chi connectivity index (χ0) is 32.3. The van der Waals surface area contributed by atoms with Crippen LogP contribution in [0.1, 0.15) is 153 Å². The molecule has 46 heavy (non-hydrogen) atoms. The van der Waals surface area contributed by atoms with Crippen molar-refractivity contribution in [2.75, 3.05) is 29.6 Å². The van der Waals surface area contributed by atoms with Gasteiger partial charge in [0.15, 0.2) is 0 Å². The van der Waals surface area contributed by atoms with Gasteiger partial charge in [0.25, 0.3) is 0 Å². The summed E-state index contributed by atoms with van der Waals surface area (Å²) in [6.45, 7) is 7.48. The summed E-state index contributed by atoms with van der Waals surface area (Å²) < 4.78 is 4.80. The molecule has 1 fully saturated rings. The van der Waals surface area contributed by atoms with Gasteiger partial charge in [0.05, 0.1) is 18.0 Å². The molecule has 0 saturated carbocycles. The smallest absolute Gasteiger partial charge is 0.0905 e. The summed E-state index contributed by atoms with van der Waals surface area (Å²) in [6, 6.07) is 9.41. The molecule has 0 spiro atoms. The van der Waals surface area contributed by atoms with Crippen molar-refractivity contribution in [3.8, 4) is 0 Å². The van der Waals surface area contributed by atoms with Gasteiger partial charge in [0.1, 0.15) is 0 Å². The van der Waals surface area contributed by atoms with E-state index in [9.17, 15) is 0 Å². The fraction of sp³-hybridized carbons (Fsp3) is 0.692. The molecule has 2 aromatic carbocycles. The van der Waals surface area contributed by atoms with Gasteiger partial charge in [0, 0.05) is 31.0 Å². The first-order valence-corrected chi connectivity index (χ1v) is 21.6. The predicted octanol–water partition coefficient (Wildman–Crippen LogP) is 15.4. The summed E-state index contributed by atoms with van der Waals surface area (Å²) in [5, 5.41) is 0. The highest BCUT2D eigenvalue weighted by Crippen LogP contribution is 2.41. The number of hydrogen-bond acceptors (Lipinski definition) is 2. The molecular formula is C39H61Br4ClN2. The van der Waals surface area contributed by atoms with Crippen LogP contribution in [-0.4, -0.2) is 19.8 Å². The Labute approximate surface area is 322 Å². The van der Waals surface area contributed by atoms with E-state index in [2.05, 4.69) is 112 Å². The van der Waals surface area contributed by atoms with Gasteiger partial charge >= 0.3 is 0 Å². The molecule has 0 aliphatic carbocycles. The summed E-state index contributed by atoms with van der Waals surface area (Å²) >= 11 is 15.8. The Hall–Kier alpha value is 0.250. The Morgan fingerprint density at radius 2 is 0.696 bits per heavy atom. The minimum Gasteiger partial charge on any atom is -0.350 e. The molecule has 0 bridgehead atoms. The quantitative estimate of drug-likeness (QED) is 0.0969. The van der Waals surface area contributed by atoms with Gasteiger partial charge in [-0.1, -0.05) is 129 Å². The highest BCUT2D eigenvalue weighted by molar-refractivity contribution is 9.11. The van der Waals surface area contributed by atoms with Crippen molar-refractivity contribution in [2.45, 2.75) is 155 Å². The highest BCUT2D eigenvalue weighted by Gasteiger charge is 2.27. The maximum atomic E-state index is 3.94. The van der Waals surface area contributed by atoms with Crippen molar-refractivity contribution in [2.24, 2.45) is 0 Å². The van der Waals surface area contributed by atoms with Crippen molar-refractivity contribution in [1.29, 1.82) is 0 Å². The molecule has 0 atom stereocenters. The van der Waals surface area contributed by atoms with E-state index < -0.39 is 0 Å². The second kappa shape index (κ2) is 25.2. The molecule has 1 aliphatic heterocycles. The van der Waals surface area contributed by atoms with Gasteiger partial charge in [-0.25, -0.2) is 0 Å². The fourth-order valence-electron chi connectivity index (χ4n) is 6.72. The van der Waals surface area contributed by atoms with Crippen LogP contribution in [0.5, 0.6) is 0 Å². The number of hydrogen-bond donors (Lipinski definition) is 0. The van der Waals surface area contributed by atoms with Crippen LogP contribution in [0.4, 0.5) is 11.4 Å². The van der Waals surface area contributed by atoms with Crippen molar-refractivity contribution in [3.05, 3.63) is 53.3 Å². The summed E-state index contributed by atoms with van der Waals surface area (Å²) in [7, 11) is 0. The first-order chi connectivity index (χ1) is 21.9. The van der Waals surface area contributed by atoms with Gasteiger partial charge in [-0.15, -0.1) is 12.4 Å². The van der Waals surface area contributed by atoms with Crippen LogP contribution in [0.15, 0.2) is 42.2 Å². The van der Waals surface area contributed by atoms with E-state index in [1.165, 1.54) is 169 Å². The van der Waals surface area contributed by atoms with Crippen LogP contribution < -0.4 is 9.80 Å². The third-order valence-electron chi connectivity index (χ3n) is 9.41. The third-order valence-corrected chi connectivity index (χ3v) is 11.8. The minimum absolute atomic E-state index is 0. The Kier molecular flexibility index (Phi) is 23.3. The van der Waals surface area contributed by atoms with E-state index in [-0.39, 0.29) is 12.4 Å². The van der Waals surface area contributed by atoms with Crippen molar-refractivity contribution in [1.82, 2.24) is 0 Å². The molecule has 2 aromatic rings. The van der Waals surface area contributed by atoms with E-state index in [0.29, 0.717) is 0 Å². The van der Waals surface area contributed by atoms with Gasteiger partial charge in [0.2, 0.25) is 0 Å². The minimum atomic E-state index is 0. The largest absolute Gasteiger partial charge is 0.350 e. The molecule has 0 amide bonds. The molecule has 0 N–H and O–H groups in total. The van der Waals surface area contributed by atoms with E-state index >= 15 is 0 Å². The van der Waals surface area contributed by atoms with Crippen LogP contribution >= 0.6 is 76.1 Å². The monoisotopic (exact) mass is 908 g/mol. The third kappa shape index (κ3) is 15.4. The number of benzene rings is 2. The van der Waals surface area contributed by atoms with Crippen LogP contribution in [0, 0.1) is 0 Å². The molecule has 0 unspecified atom stereocenters. The molecule has 1 heterocycles. The summed E-state index contributed by atoms with van der Waals surface area (Å²) in [5.74, 6) is 0. The Morgan fingerprint density at radius 3 is 0.978 bits per heavy atom. The lowest BCUT2D eigenvalue weighted by atomic mass is 10.0. The van der Waals surface area contributed by atoms with Crippen molar-refractivity contribution >= 4 is 87.5 Å². The van der Waals surface area contributed by atoms with Gasteiger partial charge in [-0.05, 0) is 125 Å². The zero-order valence-corrected chi connectivity index (χ0v) is 36.0. The maximum Gasteiger partial charge on any atom is 0.0905 e. The number of unbranched alkanes of at least 4 members (excludes halogenated alkanes) is 18. The molecule has 262 valence electrons.